The predicted molar refractivity (Wildman–Crippen MR) is 58.0 cm³/mol. The number of ketones is 1. The van der Waals surface area contributed by atoms with Crippen molar-refractivity contribution in [2.75, 3.05) is 6.26 Å². The monoisotopic (exact) mass is 212 g/mol. The summed E-state index contributed by atoms with van der Waals surface area (Å²) in [4.78, 5) is 12.7. The second-order valence-corrected chi connectivity index (χ2v) is 5.41. The highest BCUT2D eigenvalue weighted by atomic mass is 32.2. The van der Waals surface area contributed by atoms with Gasteiger partial charge in [-0.2, -0.15) is 0 Å². The van der Waals surface area contributed by atoms with E-state index in [0.717, 1.165) is 24.1 Å². The average molecular weight is 212 g/mol. The fourth-order valence-electron chi connectivity index (χ4n) is 1.64. The Hall–Kier alpha value is -0.280. The van der Waals surface area contributed by atoms with Crippen LogP contribution in [-0.2, 0) is 6.42 Å². The Balaban J connectivity index is 2.39. The summed E-state index contributed by atoms with van der Waals surface area (Å²) in [7, 11) is 0. The topological polar surface area (TPSA) is 17.1 Å². The van der Waals surface area contributed by atoms with E-state index in [4.69, 9.17) is 0 Å². The van der Waals surface area contributed by atoms with Crippen LogP contribution in [0.1, 0.15) is 34.5 Å². The van der Waals surface area contributed by atoms with E-state index in [2.05, 4.69) is 12.3 Å². The van der Waals surface area contributed by atoms with Gasteiger partial charge in [-0.3, -0.25) is 4.79 Å². The van der Waals surface area contributed by atoms with Gasteiger partial charge in [-0.25, -0.2) is 0 Å². The minimum atomic E-state index is 0.359. The van der Waals surface area contributed by atoms with Crippen molar-refractivity contribution in [3.63, 3.8) is 0 Å². The van der Waals surface area contributed by atoms with E-state index in [1.807, 2.05) is 0 Å². The number of carbonyl (C=O) groups excluding carboxylic acids is 1. The number of thiophene rings is 1. The van der Waals surface area contributed by atoms with E-state index < -0.39 is 0 Å². The fraction of sp³-hybridized carbons (Fsp3) is 0.500. The zero-order valence-corrected chi connectivity index (χ0v) is 9.26. The Morgan fingerprint density at radius 3 is 2.92 bits per heavy atom. The standard InChI is InChI=1S/C10H12OS2/c1-12-9-6-7-4-2-3-5-8(11)10(7)13-9/h6H,2-5H2,1H3. The normalized spacial score (nSPS) is 16.8. The summed E-state index contributed by atoms with van der Waals surface area (Å²) in [5, 5.41) is 0. The first-order chi connectivity index (χ1) is 6.31. The van der Waals surface area contributed by atoms with E-state index in [1.54, 1.807) is 23.1 Å². The van der Waals surface area contributed by atoms with Gasteiger partial charge in [-0.15, -0.1) is 23.1 Å². The SMILES string of the molecule is CSc1cc2c(s1)C(=O)CCCC2. The molecular weight excluding hydrogens is 200 g/mol. The van der Waals surface area contributed by atoms with Gasteiger partial charge in [0.25, 0.3) is 0 Å². The van der Waals surface area contributed by atoms with Crippen LogP contribution < -0.4 is 0 Å². The molecule has 1 aliphatic rings. The molecule has 0 atom stereocenters. The molecule has 0 saturated heterocycles. The minimum Gasteiger partial charge on any atom is -0.293 e. The maximum absolute atomic E-state index is 11.6. The van der Waals surface area contributed by atoms with Crippen molar-refractivity contribution >= 4 is 28.9 Å². The Bertz CT molecular complexity index is 328. The zero-order valence-electron chi connectivity index (χ0n) is 7.63. The number of hydrogen-bond donors (Lipinski definition) is 0. The molecule has 0 amide bonds. The summed E-state index contributed by atoms with van der Waals surface area (Å²) in [5.74, 6) is 0.359. The van der Waals surface area contributed by atoms with Crippen LogP contribution >= 0.6 is 23.1 Å². The Kier molecular flexibility index (Phi) is 2.74. The fourth-order valence-corrected chi connectivity index (χ4v) is 3.39. The first-order valence-corrected chi connectivity index (χ1v) is 6.55. The van der Waals surface area contributed by atoms with Gasteiger partial charge in [0.05, 0.1) is 9.09 Å². The second kappa shape index (κ2) is 3.84. The van der Waals surface area contributed by atoms with E-state index in [-0.39, 0.29) is 0 Å². The lowest BCUT2D eigenvalue weighted by molar-refractivity contribution is 0.0986. The maximum Gasteiger partial charge on any atom is 0.173 e. The third kappa shape index (κ3) is 1.81. The molecular formula is C10H12OS2. The van der Waals surface area contributed by atoms with Crippen molar-refractivity contribution in [1.82, 2.24) is 0 Å². The molecule has 70 valence electrons. The van der Waals surface area contributed by atoms with Crippen LogP contribution in [-0.4, -0.2) is 12.0 Å². The molecule has 0 bridgehead atoms. The van der Waals surface area contributed by atoms with E-state index in [1.165, 1.54) is 16.2 Å². The van der Waals surface area contributed by atoms with E-state index in [0.29, 0.717) is 5.78 Å². The van der Waals surface area contributed by atoms with Gasteiger partial charge >= 0.3 is 0 Å². The van der Waals surface area contributed by atoms with Crippen LogP contribution in [0, 0.1) is 0 Å². The Morgan fingerprint density at radius 1 is 1.38 bits per heavy atom. The van der Waals surface area contributed by atoms with Gasteiger partial charge < -0.3 is 0 Å². The molecule has 1 aromatic rings. The van der Waals surface area contributed by atoms with Crippen molar-refractivity contribution in [3.05, 3.63) is 16.5 Å². The third-order valence-electron chi connectivity index (χ3n) is 2.34. The van der Waals surface area contributed by atoms with Gasteiger partial charge in [0, 0.05) is 6.42 Å². The summed E-state index contributed by atoms with van der Waals surface area (Å²) in [6.07, 6.45) is 6.15. The molecule has 1 nitrogen and oxygen atoms in total. The number of fused-ring (bicyclic) bond motifs is 1. The van der Waals surface area contributed by atoms with Crippen molar-refractivity contribution in [3.8, 4) is 0 Å². The number of aryl methyl sites for hydroxylation is 1. The van der Waals surface area contributed by atoms with Gasteiger partial charge in [0.1, 0.15) is 0 Å². The molecule has 0 saturated carbocycles. The molecule has 1 aliphatic carbocycles. The molecule has 1 aromatic heterocycles. The summed E-state index contributed by atoms with van der Waals surface area (Å²) in [6, 6.07) is 2.19. The molecule has 0 unspecified atom stereocenters. The molecule has 1 heterocycles. The van der Waals surface area contributed by atoms with Crippen molar-refractivity contribution in [2.24, 2.45) is 0 Å². The van der Waals surface area contributed by atoms with Gasteiger partial charge in [0.2, 0.25) is 0 Å². The largest absolute Gasteiger partial charge is 0.293 e. The number of hydrogen-bond acceptors (Lipinski definition) is 3. The quantitative estimate of drug-likeness (QED) is 0.524. The highest BCUT2D eigenvalue weighted by Crippen LogP contribution is 2.33. The maximum atomic E-state index is 11.6. The minimum absolute atomic E-state index is 0.359. The molecule has 0 aliphatic heterocycles. The van der Waals surface area contributed by atoms with Crippen LogP contribution in [0.3, 0.4) is 0 Å². The van der Waals surface area contributed by atoms with Crippen molar-refractivity contribution in [1.29, 1.82) is 0 Å². The molecule has 0 spiro atoms. The number of thioether (sulfide) groups is 1. The summed E-state index contributed by atoms with van der Waals surface area (Å²) in [5.41, 5.74) is 1.29. The van der Waals surface area contributed by atoms with Gasteiger partial charge in [0.15, 0.2) is 5.78 Å². The lowest BCUT2D eigenvalue weighted by Crippen LogP contribution is -1.94. The van der Waals surface area contributed by atoms with Crippen LogP contribution in [0.15, 0.2) is 10.3 Å². The van der Waals surface area contributed by atoms with Gasteiger partial charge in [-0.1, -0.05) is 0 Å². The molecule has 0 fully saturated rings. The lowest BCUT2D eigenvalue weighted by Gasteiger charge is -1.92. The molecule has 0 N–H and O–H groups in total. The number of rotatable bonds is 1. The molecule has 3 heteroatoms. The van der Waals surface area contributed by atoms with Crippen molar-refractivity contribution < 1.29 is 4.79 Å². The van der Waals surface area contributed by atoms with Crippen LogP contribution in [0.4, 0.5) is 0 Å². The smallest absolute Gasteiger partial charge is 0.173 e. The second-order valence-electron chi connectivity index (χ2n) is 3.25. The number of Topliss-reactive ketones (excluding diaryl/α,β-unsaturated/α-hetero) is 1. The zero-order chi connectivity index (χ0) is 9.26. The van der Waals surface area contributed by atoms with Crippen LogP contribution in [0.25, 0.3) is 0 Å². The Morgan fingerprint density at radius 2 is 2.15 bits per heavy atom. The van der Waals surface area contributed by atoms with Gasteiger partial charge in [-0.05, 0) is 37.1 Å². The van der Waals surface area contributed by atoms with Crippen LogP contribution in [0.2, 0.25) is 0 Å². The highest BCUT2D eigenvalue weighted by molar-refractivity contribution is 8.00. The van der Waals surface area contributed by atoms with Crippen LogP contribution in [0.5, 0.6) is 0 Å². The third-order valence-corrected chi connectivity index (χ3v) is 4.62. The predicted octanol–water partition coefficient (Wildman–Crippen LogP) is 3.38. The van der Waals surface area contributed by atoms with E-state index in [9.17, 15) is 4.79 Å². The average Bonchev–Trinajstić information content (AvgIpc) is 2.48. The number of carbonyl (C=O) groups is 1. The molecule has 0 aromatic carbocycles. The first kappa shape index (κ1) is 9.28. The first-order valence-electron chi connectivity index (χ1n) is 4.51. The molecule has 2 rings (SSSR count). The summed E-state index contributed by atoms with van der Waals surface area (Å²) >= 11 is 3.41. The lowest BCUT2D eigenvalue weighted by atomic mass is 10.1. The Labute approximate surface area is 86.5 Å². The van der Waals surface area contributed by atoms with Crippen molar-refractivity contribution in [2.45, 2.75) is 29.9 Å². The summed E-state index contributed by atoms with van der Waals surface area (Å²) in [6.45, 7) is 0. The highest BCUT2D eigenvalue weighted by Gasteiger charge is 2.18. The molecule has 0 radical (unpaired) electrons. The summed E-state index contributed by atoms with van der Waals surface area (Å²) < 4.78 is 1.28. The van der Waals surface area contributed by atoms with E-state index >= 15 is 0 Å². The molecule has 13 heavy (non-hydrogen) atoms.